The molecule has 5 nitrogen and oxygen atoms in total. The van der Waals surface area contributed by atoms with E-state index in [1.165, 1.54) is 6.26 Å². The Bertz CT molecular complexity index is 570. The molecule has 112 valence electrons. The van der Waals surface area contributed by atoms with Crippen molar-refractivity contribution in [3.05, 3.63) is 29.8 Å². The van der Waals surface area contributed by atoms with Crippen LogP contribution < -0.4 is 14.8 Å². The first-order valence-electron chi connectivity index (χ1n) is 6.75. The van der Waals surface area contributed by atoms with Gasteiger partial charge in [-0.25, -0.2) is 13.1 Å². The number of rotatable bonds is 6. The van der Waals surface area contributed by atoms with Crippen molar-refractivity contribution < 1.29 is 13.2 Å². The summed E-state index contributed by atoms with van der Waals surface area (Å²) in [5.41, 5.74) is 0.863. The van der Waals surface area contributed by atoms with E-state index in [1.54, 1.807) is 0 Å². The van der Waals surface area contributed by atoms with E-state index < -0.39 is 10.0 Å². The summed E-state index contributed by atoms with van der Waals surface area (Å²) in [6.07, 6.45) is 1.91. The van der Waals surface area contributed by atoms with E-state index >= 15 is 0 Å². The summed E-state index contributed by atoms with van der Waals surface area (Å²) in [4.78, 5) is 0. The molecule has 1 aromatic carbocycles. The molecule has 0 amide bonds. The van der Waals surface area contributed by atoms with Crippen molar-refractivity contribution in [2.75, 3.05) is 19.3 Å². The van der Waals surface area contributed by atoms with Crippen molar-refractivity contribution in [1.82, 2.24) is 10.0 Å². The number of sulfonamides is 1. The molecule has 0 saturated heterocycles. The molecule has 0 bridgehead atoms. The second kappa shape index (κ2) is 5.71. The summed E-state index contributed by atoms with van der Waals surface area (Å²) in [5.74, 6) is 0.921. The molecular weight excluding hydrogens is 276 g/mol. The number of para-hydroxylation sites is 1. The highest BCUT2D eigenvalue weighted by Crippen LogP contribution is 2.42. The Hall–Kier alpha value is -1.11. The Balaban J connectivity index is 1.89. The third-order valence-electron chi connectivity index (χ3n) is 3.36. The molecule has 0 spiro atoms. The van der Waals surface area contributed by atoms with Crippen molar-refractivity contribution in [3.8, 4) is 5.75 Å². The van der Waals surface area contributed by atoms with E-state index in [-0.39, 0.29) is 11.6 Å². The lowest BCUT2D eigenvalue weighted by atomic mass is 9.94. The van der Waals surface area contributed by atoms with E-state index in [4.69, 9.17) is 4.74 Å². The first-order valence-corrected chi connectivity index (χ1v) is 8.65. The zero-order valence-corrected chi connectivity index (χ0v) is 13.0. The minimum absolute atomic E-state index is 0.122. The predicted octanol–water partition coefficient (Wildman–Crippen LogP) is 1.43. The average Bonchev–Trinajstić information content (AvgIpc) is 2.58. The summed E-state index contributed by atoms with van der Waals surface area (Å²) in [7, 11) is -3.10. The molecule has 2 rings (SSSR count). The monoisotopic (exact) mass is 298 g/mol. The van der Waals surface area contributed by atoms with Crippen LogP contribution in [0.3, 0.4) is 0 Å². The molecule has 1 unspecified atom stereocenters. The van der Waals surface area contributed by atoms with Gasteiger partial charge in [-0.05, 0) is 32.9 Å². The zero-order valence-electron chi connectivity index (χ0n) is 12.1. The Morgan fingerprint density at radius 2 is 1.95 bits per heavy atom. The van der Waals surface area contributed by atoms with E-state index in [9.17, 15) is 8.42 Å². The Kier molecular flexibility index (Phi) is 4.36. The molecule has 1 heterocycles. The molecule has 0 radical (unpaired) electrons. The zero-order chi connectivity index (χ0) is 14.8. The van der Waals surface area contributed by atoms with Crippen LogP contribution in [0.4, 0.5) is 0 Å². The van der Waals surface area contributed by atoms with Crippen LogP contribution in [-0.4, -0.2) is 33.4 Å². The first-order chi connectivity index (χ1) is 9.30. The fourth-order valence-corrected chi connectivity index (χ4v) is 2.99. The summed E-state index contributed by atoms with van der Waals surface area (Å²) < 4.78 is 30.4. The van der Waals surface area contributed by atoms with Gasteiger partial charge in [0.25, 0.3) is 0 Å². The van der Waals surface area contributed by atoms with Crippen LogP contribution in [0.1, 0.15) is 31.9 Å². The van der Waals surface area contributed by atoms with Crippen LogP contribution in [0.15, 0.2) is 24.3 Å². The second-order valence-electron chi connectivity index (χ2n) is 5.65. The number of fused-ring (bicyclic) bond motifs is 1. The van der Waals surface area contributed by atoms with Gasteiger partial charge in [-0.1, -0.05) is 18.2 Å². The summed E-state index contributed by atoms with van der Waals surface area (Å²) >= 11 is 0. The maximum atomic E-state index is 11.0. The molecule has 6 heteroatoms. The van der Waals surface area contributed by atoms with Gasteiger partial charge in [-0.15, -0.1) is 0 Å². The third-order valence-corrected chi connectivity index (χ3v) is 4.09. The van der Waals surface area contributed by atoms with E-state index in [2.05, 4.69) is 30.0 Å². The minimum atomic E-state index is -3.10. The minimum Gasteiger partial charge on any atom is -0.486 e. The van der Waals surface area contributed by atoms with Crippen molar-refractivity contribution in [2.45, 2.75) is 31.9 Å². The quantitative estimate of drug-likeness (QED) is 0.780. The number of hydrogen-bond donors (Lipinski definition) is 2. The molecule has 0 saturated carbocycles. The lowest BCUT2D eigenvalue weighted by Crippen LogP contribution is -2.40. The van der Waals surface area contributed by atoms with Gasteiger partial charge in [0.1, 0.15) is 11.4 Å². The molecule has 1 atom stereocenters. The maximum absolute atomic E-state index is 11.0. The number of nitrogens with one attached hydrogen (secondary N) is 2. The fourth-order valence-electron chi connectivity index (χ4n) is 2.48. The molecule has 2 N–H and O–H groups in total. The second-order valence-corrected chi connectivity index (χ2v) is 7.48. The van der Waals surface area contributed by atoms with Crippen molar-refractivity contribution >= 4 is 10.0 Å². The number of ether oxygens (including phenoxy) is 1. The standard InChI is InChI=1S/C14H22N2O3S/c1-14(2)13(11-7-4-5-8-12(11)19-14)15-9-6-10-16-20(3,17)18/h4-5,7-8,13,15-16H,6,9-10H2,1-3H3. The summed E-state index contributed by atoms with van der Waals surface area (Å²) in [6, 6.07) is 8.13. The maximum Gasteiger partial charge on any atom is 0.208 e. The smallest absolute Gasteiger partial charge is 0.208 e. The van der Waals surface area contributed by atoms with Crippen LogP contribution in [0.5, 0.6) is 5.75 Å². The van der Waals surface area contributed by atoms with Gasteiger partial charge < -0.3 is 10.1 Å². The van der Waals surface area contributed by atoms with Gasteiger partial charge in [-0.3, -0.25) is 0 Å². The van der Waals surface area contributed by atoms with Crippen molar-refractivity contribution in [1.29, 1.82) is 0 Å². The van der Waals surface area contributed by atoms with Gasteiger partial charge in [0.15, 0.2) is 0 Å². The van der Waals surface area contributed by atoms with Crippen LogP contribution in [0.25, 0.3) is 0 Å². The highest BCUT2D eigenvalue weighted by Gasteiger charge is 2.40. The molecule has 0 fully saturated rings. The highest BCUT2D eigenvalue weighted by molar-refractivity contribution is 7.88. The predicted molar refractivity (Wildman–Crippen MR) is 79.4 cm³/mol. The highest BCUT2D eigenvalue weighted by atomic mass is 32.2. The molecule has 1 aliphatic heterocycles. The average molecular weight is 298 g/mol. The molecule has 0 aromatic heterocycles. The molecule has 20 heavy (non-hydrogen) atoms. The van der Waals surface area contributed by atoms with E-state index in [1.807, 2.05) is 18.2 Å². The van der Waals surface area contributed by atoms with Crippen LogP contribution in [0, 0.1) is 0 Å². The molecule has 0 aliphatic carbocycles. The summed E-state index contributed by atoms with van der Waals surface area (Å²) in [6.45, 7) is 5.29. The molecule has 1 aromatic rings. The van der Waals surface area contributed by atoms with Crippen molar-refractivity contribution in [2.24, 2.45) is 0 Å². The normalized spacial score (nSPS) is 20.4. The fraction of sp³-hybridized carbons (Fsp3) is 0.571. The summed E-state index contributed by atoms with van der Waals surface area (Å²) in [5, 5.41) is 3.45. The lowest BCUT2D eigenvalue weighted by molar-refractivity contribution is 0.0965. The number of benzene rings is 1. The topological polar surface area (TPSA) is 67.4 Å². The van der Waals surface area contributed by atoms with Gasteiger partial charge in [-0.2, -0.15) is 0 Å². The first kappa shape index (κ1) is 15.3. The Morgan fingerprint density at radius 3 is 2.65 bits per heavy atom. The van der Waals surface area contributed by atoms with Crippen LogP contribution in [-0.2, 0) is 10.0 Å². The van der Waals surface area contributed by atoms with E-state index in [0.717, 1.165) is 24.3 Å². The van der Waals surface area contributed by atoms with Gasteiger partial charge in [0.05, 0.1) is 12.3 Å². The van der Waals surface area contributed by atoms with Crippen LogP contribution in [0.2, 0.25) is 0 Å². The molecule has 1 aliphatic rings. The Labute approximate surface area is 120 Å². The third kappa shape index (κ3) is 3.71. The number of hydrogen-bond acceptors (Lipinski definition) is 4. The van der Waals surface area contributed by atoms with Crippen molar-refractivity contribution in [3.63, 3.8) is 0 Å². The molecular formula is C14H22N2O3S. The largest absolute Gasteiger partial charge is 0.486 e. The van der Waals surface area contributed by atoms with E-state index in [0.29, 0.717) is 6.54 Å². The van der Waals surface area contributed by atoms with Gasteiger partial charge >= 0.3 is 0 Å². The van der Waals surface area contributed by atoms with Gasteiger partial charge in [0.2, 0.25) is 10.0 Å². The van der Waals surface area contributed by atoms with Gasteiger partial charge in [0, 0.05) is 12.1 Å². The Morgan fingerprint density at radius 1 is 1.25 bits per heavy atom. The van der Waals surface area contributed by atoms with Crippen LogP contribution >= 0.6 is 0 Å². The SMILES string of the molecule is CC1(C)Oc2ccccc2C1NCCCNS(C)(=O)=O. The lowest BCUT2D eigenvalue weighted by Gasteiger charge is -2.27.